The van der Waals surface area contributed by atoms with Gasteiger partial charge in [-0.2, -0.15) is 0 Å². The molecule has 2 nitrogen and oxygen atoms in total. The Balaban J connectivity index is 2.77. The molecular weight excluding hydrogens is 172 g/mol. The first-order valence-electron chi connectivity index (χ1n) is 4.99. The molecule has 2 heteroatoms. The molecule has 0 amide bonds. The molecule has 0 unspecified atom stereocenters. The van der Waals surface area contributed by atoms with Crippen LogP contribution in [0.4, 0.5) is 5.69 Å². The summed E-state index contributed by atoms with van der Waals surface area (Å²) in [6.07, 6.45) is 0. The third-order valence-corrected chi connectivity index (χ3v) is 2.33. The van der Waals surface area contributed by atoms with E-state index in [2.05, 4.69) is 35.7 Å². The summed E-state index contributed by atoms with van der Waals surface area (Å²) in [5, 5.41) is 0. The Bertz CT molecular complexity index is 304. The van der Waals surface area contributed by atoms with Gasteiger partial charge in [0.15, 0.2) is 0 Å². The van der Waals surface area contributed by atoms with Gasteiger partial charge in [0, 0.05) is 24.3 Å². The molecule has 0 aliphatic carbocycles. The van der Waals surface area contributed by atoms with E-state index in [4.69, 9.17) is 6.57 Å². The lowest BCUT2D eigenvalue weighted by Gasteiger charge is -2.20. The molecule has 0 bridgehead atoms. The highest BCUT2D eigenvalue weighted by Gasteiger charge is 2.01. The topological polar surface area (TPSA) is 7.60 Å². The normalized spacial score (nSPS) is 9.50. The van der Waals surface area contributed by atoms with Crippen LogP contribution in [0.5, 0.6) is 0 Å². The first-order valence-corrected chi connectivity index (χ1v) is 4.99. The van der Waals surface area contributed by atoms with E-state index in [1.165, 1.54) is 5.69 Å². The van der Waals surface area contributed by atoms with Gasteiger partial charge in [-0.25, -0.2) is 6.57 Å². The molecule has 0 atom stereocenters. The Morgan fingerprint density at radius 1 is 1.14 bits per heavy atom. The molecule has 0 spiro atoms. The van der Waals surface area contributed by atoms with Crippen molar-refractivity contribution in [2.24, 2.45) is 0 Å². The second-order valence-corrected chi connectivity index (χ2v) is 3.15. The van der Waals surface area contributed by atoms with Gasteiger partial charge in [0.2, 0.25) is 6.54 Å². The van der Waals surface area contributed by atoms with E-state index in [0.29, 0.717) is 6.54 Å². The molecule has 0 aliphatic heterocycles. The predicted molar refractivity (Wildman–Crippen MR) is 60.3 cm³/mol. The minimum Gasteiger partial charge on any atom is -0.372 e. The van der Waals surface area contributed by atoms with Crippen LogP contribution in [0.25, 0.3) is 4.85 Å². The highest BCUT2D eigenvalue weighted by atomic mass is 15.1. The fraction of sp³-hybridized carbons (Fsp3) is 0.417. The van der Waals surface area contributed by atoms with Gasteiger partial charge >= 0.3 is 0 Å². The fourth-order valence-electron chi connectivity index (χ4n) is 1.49. The largest absolute Gasteiger partial charge is 0.372 e. The van der Waals surface area contributed by atoms with E-state index in [0.717, 1.165) is 18.7 Å². The summed E-state index contributed by atoms with van der Waals surface area (Å²) in [7, 11) is 0. The van der Waals surface area contributed by atoms with Gasteiger partial charge < -0.3 is 9.74 Å². The molecule has 74 valence electrons. The minimum absolute atomic E-state index is 0.485. The van der Waals surface area contributed by atoms with Gasteiger partial charge in [-0.15, -0.1) is 0 Å². The van der Waals surface area contributed by atoms with Gasteiger partial charge in [0.1, 0.15) is 0 Å². The SMILES string of the molecule is [C-]#[N+]Cc1ccc(N(CC)CC)cc1. The summed E-state index contributed by atoms with van der Waals surface area (Å²) in [6.45, 7) is 13.6. The first kappa shape index (κ1) is 10.6. The van der Waals surface area contributed by atoms with Gasteiger partial charge in [-0.1, -0.05) is 0 Å². The van der Waals surface area contributed by atoms with Crippen molar-refractivity contribution in [2.75, 3.05) is 18.0 Å². The van der Waals surface area contributed by atoms with Crippen LogP contribution in [0.3, 0.4) is 0 Å². The van der Waals surface area contributed by atoms with E-state index in [1.54, 1.807) is 0 Å². The number of benzene rings is 1. The van der Waals surface area contributed by atoms with E-state index in [9.17, 15) is 0 Å². The van der Waals surface area contributed by atoms with Crippen molar-refractivity contribution < 1.29 is 0 Å². The van der Waals surface area contributed by atoms with Crippen LogP contribution in [-0.2, 0) is 6.54 Å². The van der Waals surface area contributed by atoms with E-state index in [1.807, 2.05) is 12.1 Å². The standard InChI is InChI=1S/C12H16N2/c1-4-14(5-2)12-8-6-11(7-9-12)10-13-3/h6-9H,4-5,10H2,1-2H3. The summed E-state index contributed by atoms with van der Waals surface area (Å²) >= 11 is 0. The van der Waals surface area contributed by atoms with Gasteiger partial charge in [-0.3, -0.25) is 0 Å². The number of hydrogen-bond donors (Lipinski definition) is 0. The smallest absolute Gasteiger partial charge is 0.239 e. The number of nitrogens with zero attached hydrogens (tertiary/aromatic N) is 2. The van der Waals surface area contributed by atoms with E-state index >= 15 is 0 Å². The Kier molecular flexibility index (Phi) is 4.00. The molecule has 0 fully saturated rings. The van der Waals surface area contributed by atoms with Crippen LogP contribution in [0.2, 0.25) is 0 Å². The molecule has 14 heavy (non-hydrogen) atoms. The molecule has 1 rings (SSSR count). The monoisotopic (exact) mass is 188 g/mol. The zero-order valence-electron chi connectivity index (χ0n) is 8.83. The number of rotatable bonds is 4. The molecule has 1 aromatic carbocycles. The predicted octanol–water partition coefficient (Wildman–Crippen LogP) is 2.95. The lowest BCUT2D eigenvalue weighted by atomic mass is 10.2. The van der Waals surface area contributed by atoms with Crippen LogP contribution >= 0.6 is 0 Å². The Hall–Kier alpha value is -1.49. The number of hydrogen-bond acceptors (Lipinski definition) is 1. The molecule has 0 saturated heterocycles. The van der Waals surface area contributed by atoms with Crippen LogP contribution in [0.1, 0.15) is 19.4 Å². The van der Waals surface area contributed by atoms with Crippen molar-refractivity contribution in [1.29, 1.82) is 0 Å². The second kappa shape index (κ2) is 5.29. The lowest BCUT2D eigenvalue weighted by molar-refractivity contribution is 0.866. The maximum absolute atomic E-state index is 6.77. The Labute approximate surface area is 86.0 Å². The lowest BCUT2D eigenvalue weighted by Crippen LogP contribution is -2.21. The number of anilines is 1. The van der Waals surface area contributed by atoms with Crippen molar-refractivity contribution >= 4 is 5.69 Å². The van der Waals surface area contributed by atoms with Gasteiger partial charge in [-0.05, 0) is 38.1 Å². The van der Waals surface area contributed by atoms with Crippen molar-refractivity contribution in [3.63, 3.8) is 0 Å². The zero-order valence-corrected chi connectivity index (χ0v) is 8.83. The quantitative estimate of drug-likeness (QED) is 0.659. The van der Waals surface area contributed by atoms with Crippen LogP contribution in [-0.4, -0.2) is 13.1 Å². The molecule has 0 saturated carbocycles. The molecular formula is C12H16N2. The van der Waals surface area contributed by atoms with Gasteiger partial charge in [0.05, 0.1) is 0 Å². The zero-order chi connectivity index (χ0) is 10.4. The third-order valence-electron chi connectivity index (χ3n) is 2.33. The van der Waals surface area contributed by atoms with Gasteiger partial charge in [0.25, 0.3) is 0 Å². The van der Waals surface area contributed by atoms with Crippen LogP contribution in [0, 0.1) is 6.57 Å². The van der Waals surface area contributed by atoms with Crippen molar-refractivity contribution in [1.82, 2.24) is 0 Å². The highest BCUT2D eigenvalue weighted by molar-refractivity contribution is 5.47. The third kappa shape index (κ3) is 2.50. The van der Waals surface area contributed by atoms with E-state index < -0.39 is 0 Å². The maximum Gasteiger partial charge on any atom is 0.239 e. The van der Waals surface area contributed by atoms with E-state index in [-0.39, 0.29) is 0 Å². The summed E-state index contributed by atoms with van der Waals surface area (Å²) in [6, 6.07) is 8.25. The average Bonchev–Trinajstić information content (AvgIpc) is 2.23. The Morgan fingerprint density at radius 2 is 1.71 bits per heavy atom. The van der Waals surface area contributed by atoms with Crippen molar-refractivity contribution in [3.8, 4) is 0 Å². The average molecular weight is 188 g/mol. The van der Waals surface area contributed by atoms with Crippen LogP contribution < -0.4 is 4.90 Å². The molecule has 1 aromatic rings. The minimum atomic E-state index is 0.485. The van der Waals surface area contributed by atoms with Crippen LogP contribution in [0.15, 0.2) is 24.3 Å². The summed E-state index contributed by atoms with van der Waals surface area (Å²) in [5.74, 6) is 0. The molecule has 0 aromatic heterocycles. The molecule has 0 heterocycles. The molecule has 0 radical (unpaired) electrons. The molecule has 0 aliphatic rings. The first-order chi connectivity index (χ1) is 6.81. The van der Waals surface area contributed by atoms with Crippen molar-refractivity contribution in [3.05, 3.63) is 41.2 Å². The molecule has 0 N–H and O–H groups in total. The summed E-state index contributed by atoms with van der Waals surface area (Å²) in [5.41, 5.74) is 2.33. The summed E-state index contributed by atoms with van der Waals surface area (Å²) < 4.78 is 0. The fourth-order valence-corrected chi connectivity index (χ4v) is 1.49. The maximum atomic E-state index is 6.77. The second-order valence-electron chi connectivity index (χ2n) is 3.15. The Morgan fingerprint density at radius 3 is 2.14 bits per heavy atom. The highest BCUT2D eigenvalue weighted by Crippen LogP contribution is 2.15. The summed E-state index contributed by atoms with van der Waals surface area (Å²) in [4.78, 5) is 5.65. The van der Waals surface area contributed by atoms with Crippen molar-refractivity contribution in [2.45, 2.75) is 20.4 Å².